The van der Waals surface area contributed by atoms with E-state index in [4.69, 9.17) is 0 Å². The summed E-state index contributed by atoms with van der Waals surface area (Å²) in [6.45, 7) is 0.646. The first kappa shape index (κ1) is 14.9. The average Bonchev–Trinajstić information content (AvgIpc) is 2.72. The Kier molecular flexibility index (Phi) is 4.90. The molecule has 1 aromatic rings. The molecule has 1 aliphatic carbocycles. The maximum atomic E-state index is 12.0. The fourth-order valence-corrected chi connectivity index (χ4v) is 3.13. The topological polar surface area (TPSA) is 12.0 Å². The molecule has 1 aromatic carbocycles. The van der Waals surface area contributed by atoms with Crippen molar-refractivity contribution in [2.24, 2.45) is 0 Å². The Morgan fingerprint density at radius 2 is 2.05 bits per heavy atom. The van der Waals surface area contributed by atoms with Crippen LogP contribution in [0.1, 0.15) is 42.9 Å². The zero-order valence-electron chi connectivity index (χ0n) is 10.6. The van der Waals surface area contributed by atoms with E-state index in [1.54, 1.807) is 0 Å². The molecule has 2 rings (SSSR count). The first-order chi connectivity index (χ1) is 8.97. The molecular weight excluding hydrogens is 319 g/mol. The lowest BCUT2D eigenvalue weighted by molar-refractivity contribution is -0.135. The summed E-state index contributed by atoms with van der Waals surface area (Å²) in [6, 6.07) is 6.43. The Hall–Kier alpha value is -0.550. The molecule has 1 nitrogen and oxygen atoms in total. The van der Waals surface area contributed by atoms with E-state index in [1.165, 1.54) is 11.1 Å². The summed E-state index contributed by atoms with van der Waals surface area (Å²) < 4.78 is 37.1. The molecule has 1 unspecified atom stereocenters. The molecular formula is C14H17BrF3N. The molecule has 0 aliphatic heterocycles. The van der Waals surface area contributed by atoms with Crippen molar-refractivity contribution < 1.29 is 13.2 Å². The highest BCUT2D eigenvalue weighted by Crippen LogP contribution is 2.35. The Morgan fingerprint density at radius 1 is 1.26 bits per heavy atom. The van der Waals surface area contributed by atoms with Crippen LogP contribution in [0.2, 0.25) is 0 Å². The summed E-state index contributed by atoms with van der Waals surface area (Å²) in [4.78, 5) is 0. The standard InChI is InChI=1S/C14H17BrF3N/c15-12-5-3-4-11-10(12)6-7-13(11)19-9-2-1-8-14(16,17)18/h3-5,13,19H,1-2,6-9H2. The molecule has 19 heavy (non-hydrogen) atoms. The van der Waals surface area contributed by atoms with Crippen molar-refractivity contribution >= 4 is 15.9 Å². The van der Waals surface area contributed by atoms with Crippen LogP contribution in [0, 0.1) is 0 Å². The average molecular weight is 336 g/mol. The Labute approximate surface area is 119 Å². The molecule has 0 heterocycles. The number of hydrogen-bond donors (Lipinski definition) is 1. The molecule has 0 aromatic heterocycles. The van der Waals surface area contributed by atoms with Crippen LogP contribution in [0.15, 0.2) is 22.7 Å². The highest BCUT2D eigenvalue weighted by Gasteiger charge is 2.26. The minimum atomic E-state index is -4.02. The van der Waals surface area contributed by atoms with Crippen LogP contribution < -0.4 is 5.32 Å². The van der Waals surface area contributed by atoms with E-state index in [-0.39, 0.29) is 6.42 Å². The fraction of sp³-hybridized carbons (Fsp3) is 0.571. The molecule has 0 spiro atoms. The molecule has 0 amide bonds. The van der Waals surface area contributed by atoms with Crippen LogP contribution in [0.5, 0.6) is 0 Å². The summed E-state index contributed by atoms with van der Waals surface area (Å²) in [5, 5.41) is 3.36. The van der Waals surface area contributed by atoms with Gasteiger partial charge in [-0.2, -0.15) is 13.2 Å². The molecule has 1 aliphatic rings. The molecule has 0 bridgehead atoms. The van der Waals surface area contributed by atoms with E-state index in [0.717, 1.165) is 17.3 Å². The highest BCUT2D eigenvalue weighted by molar-refractivity contribution is 9.10. The van der Waals surface area contributed by atoms with E-state index in [1.807, 2.05) is 12.1 Å². The van der Waals surface area contributed by atoms with Crippen molar-refractivity contribution in [3.05, 3.63) is 33.8 Å². The number of unbranched alkanes of at least 4 members (excludes halogenated alkanes) is 1. The quantitative estimate of drug-likeness (QED) is 0.765. The summed E-state index contributed by atoms with van der Waals surface area (Å²) in [7, 11) is 0. The molecule has 0 radical (unpaired) electrons. The Bertz CT molecular complexity index is 431. The lowest BCUT2D eigenvalue weighted by atomic mass is 10.1. The fourth-order valence-electron chi connectivity index (χ4n) is 2.55. The highest BCUT2D eigenvalue weighted by atomic mass is 79.9. The largest absolute Gasteiger partial charge is 0.389 e. The second-order valence-corrected chi connectivity index (χ2v) is 5.78. The number of fused-ring (bicyclic) bond motifs is 1. The SMILES string of the molecule is FC(F)(F)CCCCNC1CCc2c(Br)cccc21. The van der Waals surface area contributed by atoms with E-state index in [9.17, 15) is 13.2 Å². The summed E-state index contributed by atoms with van der Waals surface area (Å²) in [6.07, 6.45) is -1.88. The van der Waals surface area contributed by atoms with E-state index >= 15 is 0 Å². The van der Waals surface area contributed by atoms with Crippen molar-refractivity contribution in [1.29, 1.82) is 0 Å². The van der Waals surface area contributed by atoms with Gasteiger partial charge >= 0.3 is 6.18 Å². The van der Waals surface area contributed by atoms with Crippen LogP contribution in [-0.2, 0) is 6.42 Å². The number of benzene rings is 1. The van der Waals surface area contributed by atoms with Crippen molar-refractivity contribution in [3.8, 4) is 0 Å². The predicted octanol–water partition coefficient (Wildman–Crippen LogP) is 4.76. The predicted molar refractivity (Wildman–Crippen MR) is 73.1 cm³/mol. The number of halogens is 4. The van der Waals surface area contributed by atoms with Gasteiger partial charge in [0, 0.05) is 16.9 Å². The zero-order valence-corrected chi connectivity index (χ0v) is 12.1. The second kappa shape index (κ2) is 6.27. The molecule has 0 saturated carbocycles. The third-order valence-electron chi connectivity index (χ3n) is 3.49. The minimum Gasteiger partial charge on any atom is -0.310 e. The van der Waals surface area contributed by atoms with Crippen molar-refractivity contribution in [2.45, 2.75) is 44.3 Å². The van der Waals surface area contributed by atoms with Crippen LogP contribution in [-0.4, -0.2) is 12.7 Å². The monoisotopic (exact) mass is 335 g/mol. The van der Waals surface area contributed by atoms with Gasteiger partial charge < -0.3 is 5.32 Å². The van der Waals surface area contributed by atoms with Crippen LogP contribution in [0.3, 0.4) is 0 Å². The molecule has 0 saturated heterocycles. The van der Waals surface area contributed by atoms with Gasteiger partial charge in [-0.3, -0.25) is 0 Å². The van der Waals surface area contributed by atoms with Crippen molar-refractivity contribution in [1.82, 2.24) is 5.32 Å². The molecule has 1 N–H and O–H groups in total. The smallest absolute Gasteiger partial charge is 0.310 e. The van der Waals surface area contributed by atoms with Gasteiger partial charge in [-0.1, -0.05) is 28.1 Å². The van der Waals surface area contributed by atoms with Gasteiger partial charge in [0.25, 0.3) is 0 Å². The zero-order chi connectivity index (χ0) is 13.9. The normalized spacial score (nSPS) is 18.6. The van der Waals surface area contributed by atoms with E-state index < -0.39 is 12.6 Å². The number of nitrogens with one attached hydrogen (secondary N) is 1. The molecule has 5 heteroatoms. The van der Waals surface area contributed by atoms with Gasteiger partial charge in [0.05, 0.1) is 0 Å². The second-order valence-electron chi connectivity index (χ2n) is 4.93. The first-order valence-electron chi connectivity index (χ1n) is 6.55. The van der Waals surface area contributed by atoms with Crippen LogP contribution >= 0.6 is 15.9 Å². The number of alkyl halides is 3. The van der Waals surface area contributed by atoms with E-state index in [2.05, 4.69) is 27.3 Å². The first-order valence-corrected chi connectivity index (χ1v) is 7.34. The molecule has 0 fully saturated rings. The maximum Gasteiger partial charge on any atom is 0.389 e. The third kappa shape index (κ3) is 4.21. The minimum absolute atomic E-state index is 0.203. The summed E-state index contributed by atoms with van der Waals surface area (Å²) in [5.74, 6) is 0. The Balaban J connectivity index is 1.76. The van der Waals surface area contributed by atoms with Crippen LogP contribution in [0.25, 0.3) is 0 Å². The number of hydrogen-bond acceptors (Lipinski definition) is 1. The summed E-state index contributed by atoms with van der Waals surface area (Å²) in [5.41, 5.74) is 2.61. The maximum absolute atomic E-state index is 12.0. The van der Waals surface area contributed by atoms with Gasteiger partial charge in [-0.15, -0.1) is 0 Å². The van der Waals surface area contributed by atoms with Gasteiger partial charge in [0.1, 0.15) is 0 Å². The van der Waals surface area contributed by atoms with Crippen molar-refractivity contribution in [3.63, 3.8) is 0 Å². The Morgan fingerprint density at radius 3 is 2.79 bits per heavy atom. The number of rotatable bonds is 5. The summed E-state index contributed by atoms with van der Waals surface area (Å²) >= 11 is 3.54. The van der Waals surface area contributed by atoms with Gasteiger partial charge in [-0.25, -0.2) is 0 Å². The van der Waals surface area contributed by atoms with Gasteiger partial charge in [0.15, 0.2) is 0 Å². The third-order valence-corrected chi connectivity index (χ3v) is 4.23. The lowest BCUT2D eigenvalue weighted by Crippen LogP contribution is -2.20. The van der Waals surface area contributed by atoms with Gasteiger partial charge in [0.2, 0.25) is 0 Å². The van der Waals surface area contributed by atoms with Crippen LogP contribution in [0.4, 0.5) is 13.2 Å². The molecule has 106 valence electrons. The molecule has 1 atom stereocenters. The lowest BCUT2D eigenvalue weighted by Gasteiger charge is -2.14. The van der Waals surface area contributed by atoms with E-state index in [0.29, 0.717) is 19.0 Å². The van der Waals surface area contributed by atoms with Crippen molar-refractivity contribution in [2.75, 3.05) is 6.54 Å². The van der Waals surface area contributed by atoms with Gasteiger partial charge in [-0.05, 0) is 49.4 Å².